The number of anilines is 1. The van der Waals surface area contributed by atoms with Crippen LogP contribution in [-0.4, -0.2) is 23.7 Å². The minimum Gasteiger partial charge on any atom is -0.251 e. The molecule has 1 rings (SSSR count). The highest BCUT2D eigenvalue weighted by Crippen LogP contribution is 2.32. The second kappa shape index (κ2) is 12.0. The highest BCUT2D eigenvalue weighted by molar-refractivity contribution is 5.48. The first-order chi connectivity index (χ1) is 11.7. The van der Waals surface area contributed by atoms with Crippen molar-refractivity contribution in [3.05, 3.63) is 17.6 Å². The van der Waals surface area contributed by atoms with Gasteiger partial charge in [0.1, 0.15) is 6.33 Å². The van der Waals surface area contributed by atoms with Gasteiger partial charge in [-0.3, -0.25) is 5.01 Å². The fourth-order valence-corrected chi connectivity index (χ4v) is 3.31. The average molecular weight is 333 g/mol. The minimum absolute atomic E-state index is 0.540. The summed E-state index contributed by atoms with van der Waals surface area (Å²) < 4.78 is 0. The van der Waals surface area contributed by atoms with Crippen LogP contribution in [0.2, 0.25) is 0 Å². The molecule has 0 aliphatic carbocycles. The standard InChI is InChI=1S/C20H36N4/c1-6-8-10-12-14-18(15-13-11-9-7-2)19-17(3)20(23-16-22-19)24(5)21-4/h16,18H,4,6-15H2,1-3,5H3. The van der Waals surface area contributed by atoms with Crippen LogP contribution < -0.4 is 5.01 Å². The lowest BCUT2D eigenvalue weighted by atomic mass is 9.89. The van der Waals surface area contributed by atoms with Crippen molar-refractivity contribution in [3.63, 3.8) is 0 Å². The highest BCUT2D eigenvalue weighted by atomic mass is 15.5. The molecule has 0 aliphatic heterocycles. The number of rotatable bonds is 13. The van der Waals surface area contributed by atoms with Gasteiger partial charge in [0.05, 0.1) is 5.69 Å². The predicted octanol–water partition coefficient (Wildman–Crippen LogP) is 5.86. The summed E-state index contributed by atoms with van der Waals surface area (Å²) in [5, 5.41) is 5.73. The average Bonchev–Trinajstić information content (AvgIpc) is 2.60. The Balaban J connectivity index is 2.85. The fraction of sp³-hybridized carbons (Fsp3) is 0.750. The van der Waals surface area contributed by atoms with Gasteiger partial charge < -0.3 is 0 Å². The summed E-state index contributed by atoms with van der Waals surface area (Å²) in [7, 11) is 1.89. The van der Waals surface area contributed by atoms with Gasteiger partial charge in [0, 0.05) is 25.2 Å². The molecule has 1 heterocycles. The maximum Gasteiger partial charge on any atom is 0.155 e. The van der Waals surface area contributed by atoms with E-state index in [1.165, 1.54) is 69.9 Å². The molecule has 136 valence electrons. The molecule has 1 aromatic rings. The Hall–Kier alpha value is -1.45. The monoisotopic (exact) mass is 332 g/mol. The van der Waals surface area contributed by atoms with Crippen molar-refractivity contribution in [3.8, 4) is 0 Å². The first-order valence-electron chi connectivity index (χ1n) is 9.67. The number of aromatic nitrogens is 2. The summed E-state index contributed by atoms with van der Waals surface area (Å²) in [4.78, 5) is 9.05. The van der Waals surface area contributed by atoms with E-state index in [1.807, 2.05) is 7.05 Å². The van der Waals surface area contributed by atoms with Crippen LogP contribution in [-0.2, 0) is 0 Å². The molecule has 0 N–H and O–H groups in total. The van der Waals surface area contributed by atoms with Crippen molar-refractivity contribution >= 4 is 12.5 Å². The molecule has 0 fully saturated rings. The van der Waals surface area contributed by atoms with Crippen LogP contribution in [0.1, 0.15) is 95.2 Å². The molecule has 4 nitrogen and oxygen atoms in total. The van der Waals surface area contributed by atoms with Crippen molar-refractivity contribution in [2.45, 2.75) is 90.9 Å². The molecule has 0 atom stereocenters. The first kappa shape index (κ1) is 20.6. The zero-order valence-electron chi connectivity index (χ0n) is 16.2. The molecular formula is C20H36N4. The number of hydrazone groups is 1. The lowest BCUT2D eigenvalue weighted by molar-refractivity contribution is 0.486. The Morgan fingerprint density at radius 3 is 2.08 bits per heavy atom. The van der Waals surface area contributed by atoms with E-state index in [9.17, 15) is 0 Å². The van der Waals surface area contributed by atoms with Gasteiger partial charge in [-0.2, -0.15) is 5.10 Å². The largest absolute Gasteiger partial charge is 0.251 e. The molecule has 0 aromatic carbocycles. The van der Waals surface area contributed by atoms with Gasteiger partial charge in [-0.25, -0.2) is 9.97 Å². The van der Waals surface area contributed by atoms with Crippen molar-refractivity contribution < 1.29 is 0 Å². The molecule has 0 saturated heterocycles. The Morgan fingerprint density at radius 1 is 1.00 bits per heavy atom. The Morgan fingerprint density at radius 2 is 1.58 bits per heavy atom. The predicted molar refractivity (Wildman–Crippen MR) is 105 cm³/mol. The smallest absolute Gasteiger partial charge is 0.155 e. The van der Waals surface area contributed by atoms with Gasteiger partial charge in [0.15, 0.2) is 5.82 Å². The van der Waals surface area contributed by atoms with E-state index in [1.54, 1.807) is 11.3 Å². The molecular weight excluding hydrogens is 296 g/mol. The van der Waals surface area contributed by atoms with Crippen molar-refractivity contribution in [1.82, 2.24) is 9.97 Å². The van der Waals surface area contributed by atoms with Gasteiger partial charge in [0.2, 0.25) is 0 Å². The zero-order chi connectivity index (χ0) is 17.8. The summed E-state index contributed by atoms with van der Waals surface area (Å²) in [5.41, 5.74) is 2.37. The van der Waals surface area contributed by atoms with Crippen LogP contribution in [0.5, 0.6) is 0 Å². The van der Waals surface area contributed by atoms with E-state index in [0.717, 1.165) is 11.4 Å². The molecule has 0 amide bonds. The fourth-order valence-electron chi connectivity index (χ4n) is 3.31. The van der Waals surface area contributed by atoms with Crippen LogP contribution in [0, 0.1) is 6.92 Å². The molecule has 0 radical (unpaired) electrons. The summed E-state index contributed by atoms with van der Waals surface area (Å²) in [6.07, 6.45) is 14.6. The molecule has 0 unspecified atom stereocenters. The summed E-state index contributed by atoms with van der Waals surface area (Å²) in [5.74, 6) is 1.42. The molecule has 0 saturated carbocycles. The van der Waals surface area contributed by atoms with Crippen LogP contribution in [0.3, 0.4) is 0 Å². The van der Waals surface area contributed by atoms with Crippen LogP contribution >= 0.6 is 0 Å². The first-order valence-corrected chi connectivity index (χ1v) is 9.67. The van der Waals surface area contributed by atoms with Crippen LogP contribution in [0.15, 0.2) is 11.4 Å². The van der Waals surface area contributed by atoms with E-state index in [2.05, 4.69) is 42.6 Å². The maximum atomic E-state index is 4.65. The molecule has 0 aliphatic rings. The van der Waals surface area contributed by atoms with Crippen molar-refractivity contribution in [2.75, 3.05) is 12.1 Å². The summed E-state index contributed by atoms with van der Waals surface area (Å²) in [6, 6.07) is 0. The third-order valence-electron chi connectivity index (χ3n) is 4.81. The minimum atomic E-state index is 0.540. The maximum absolute atomic E-state index is 4.65. The summed E-state index contributed by atoms with van der Waals surface area (Å²) >= 11 is 0. The van der Waals surface area contributed by atoms with Gasteiger partial charge >= 0.3 is 0 Å². The van der Waals surface area contributed by atoms with E-state index in [4.69, 9.17) is 0 Å². The van der Waals surface area contributed by atoms with Gasteiger partial charge in [0.25, 0.3) is 0 Å². The number of nitrogens with zero attached hydrogens (tertiary/aromatic N) is 4. The normalized spacial score (nSPS) is 11.0. The second-order valence-electron chi connectivity index (χ2n) is 6.77. The Bertz CT molecular complexity index is 461. The Labute approximate surface area is 148 Å². The van der Waals surface area contributed by atoms with Crippen LogP contribution in [0.25, 0.3) is 0 Å². The number of hydrogen-bond acceptors (Lipinski definition) is 4. The van der Waals surface area contributed by atoms with E-state index in [-0.39, 0.29) is 0 Å². The lowest BCUT2D eigenvalue weighted by Gasteiger charge is -2.21. The third-order valence-corrected chi connectivity index (χ3v) is 4.81. The van der Waals surface area contributed by atoms with Crippen molar-refractivity contribution in [1.29, 1.82) is 0 Å². The SMILES string of the molecule is C=NN(C)c1ncnc(C(CCCCCC)CCCCCC)c1C. The summed E-state index contributed by atoms with van der Waals surface area (Å²) in [6.45, 7) is 10.3. The van der Waals surface area contributed by atoms with Crippen molar-refractivity contribution in [2.24, 2.45) is 5.10 Å². The topological polar surface area (TPSA) is 41.4 Å². The molecule has 0 bridgehead atoms. The van der Waals surface area contributed by atoms with Gasteiger partial charge in [-0.1, -0.05) is 65.2 Å². The van der Waals surface area contributed by atoms with E-state index < -0.39 is 0 Å². The quantitative estimate of drug-likeness (QED) is 0.258. The zero-order valence-corrected chi connectivity index (χ0v) is 16.2. The molecule has 1 aromatic heterocycles. The van der Waals surface area contributed by atoms with E-state index >= 15 is 0 Å². The molecule has 4 heteroatoms. The third kappa shape index (κ3) is 6.58. The second-order valence-corrected chi connectivity index (χ2v) is 6.77. The van der Waals surface area contributed by atoms with Gasteiger partial charge in [-0.05, 0) is 19.8 Å². The molecule has 24 heavy (non-hydrogen) atoms. The highest BCUT2D eigenvalue weighted by Gasteiger charge is 2.19. The van der Waals surface area contributed by atoms with E-state index in [0.29, 0.717) is 5.92 Å². The Kier molecular flexibility index (Phi) is 10.3. The van der Waals surface area contributed by atoms with Crippen LogP contribution in [0.4, 0.5) is 5.82 Å². The molecule has 0 spiro atoms. The lowest BCUT2D eigenvalue weighted by Crippen LogP contribution is -2.14. The number of hydrogen-bond donors (Lipinski definition) is 0. The number of unbranched alkanes of at least 4 members (excludes halogenated alkanes) is 6. The van der Waals surface area contributed by atoms with Gasteiger partial charge in [-0.15, -0.1) is 0 Å².